The summed E-state index contributed by atoms with van der Waals surface area (Å²) in [7, 11) is 3.28. The molecule has 2 N–H and O–H groups in total. The maximum Gasteiger partial charge on any atom is 0.326 e. The molecule has 1 aromatic heterocycles. The quantitative estimate of drug-likeness (QED) is 0.519. The topological polar surface area (TPSA) is 97.6 Å². The van der Waals surface area contributed by atoms with Gasteiger partial charge in [-0.1, -0.05) is 61.4 Å². The second-order valence-electron chi connectivity index (χ2n) is 9.12. The van der Waals surface area contributed by atoms with Crippen molar-refractivity contribution in [2.75, 3.05) is 7.11 Å². The van der Waals surface area contributed by atoms with Gasteiger partial charge in [-0.15, -0.1) is 0 Å². The summed E-state index contributed by atoms with van der Waals surface area (Å²) in [5.41, 5.74) is 2.49. The van der Waals surface area contributed by atoms with Gasteiger partial charge in [-0.2, -0.15) is 0 Å². The lowest BCUT2D eigenvalue weighted by Gasteiger charge is -2.30. The summed E-state index contributed by atoms with van der Waals surface area (Å²) in [5, 5.41) is 12.7. The SMILES string of the molecule is COc1ccccc1-c1ccc(C[C@H](NC(=O)C2(c3ccc(=O)n(C)c3)CCCC2)C(=O)O)cc1. The van der Waals surface area contributed by atoms with Gasteiger partial charge >= 0.3 is 5.97 Å². The maximum absolute atomic E-state index is 13.5. The Kier molecular flexibility index (Phi) is 7.05. The molecule has 0 bridgehead atoms. The summed E-state index contributed by atoms with van der Waals surface area (Å²) < 4.78 is 6.89. The summed E-state index contributed by atoms with van der Waals surface area (Å²) in [6.45, 7) is 0. The van der Waals surface area contributed by atoms with E-state index in [2.05, 4.69) is 5.32 Å². The molecule has 1 fully saturated rings. The molecule has 7 heteroatoms. The summed E-state index contributed by atoms with van der Waals surface area (Å²) >= 11 is 0. The van der Waals surface area contributed by atoms with E-state index in [1.165, 1.54) is 10.6 Å². The Bertz CT molecular complexity index is 1270. The smallest absolute Gasteiger partial charge is 0.326 e. The predicted octanol–water partition coefficient (Wildman–Crippen LogP) is 3.68. The molecule has 1 atom stereocenters. The molecule has 1 saturated carbocycles. The molecule has 0 radical (unpaired) electrons. The minimum absolute atomic E-state index is 0.151. The number of pyridine rings is 1. The molecule has 0 spiro atoms. The average Bonchev–Trinajstić information content (AvgIpc) is 3.37. The van der Waals surface area contributed by atoms with Crippen LogP contribution >= 0.6 is 0 Å². The van der Waals surface area contributed by atoms with Gasteiger partial charge in [0.15, 0.2) is 0 Å². The highest BCUT2D eigenvalue weighted by atomic mass is 16.5. The van der Waals surface area contributed by atoms with E-state index in [9.17, 15) is 19.5 Å². The van der Waals surface area contributed by atoms with E-state index < -0.39 is 17.4 Å². The van der Waals surface area contributed by atoms with Crippen molar-refractivity contribution in [2.45, 2.75) is 43.6 Å². The minimum atomic E-state index is -1.08. The lowest BCUT2D eigenvalue weighted by atomic mass is 9.78. The lowest BCUT2D eigenvalue weighted by molar-refractivity contribution is -0.142. The Morgan fingerprint density at radius 1 is 1.06 bits per heavy atom. The van der Waals surface area contributed by atoms with Gasteiger partial charge in [-0.05, 0) is 35.6 Å². The Hall–Kier alpha value is -3.87. The Morgan fingerprint density at radius 3 is 2.37 bits per heavy atom. The monoisotopic (exact) mass is 474 g/mol. The van der Waals surface area contributed by atoms with Gasteiger partial charge in [0, 0.05) is 31.3 Å². The third-order valence-electron chi connectivity index (χ3n) is 6.95. The standard InChI is InChI=1S/C28H30N2O5/c1-30-18-21(13-14-25(30)31)28(15-5-6-16-28)27(34)29-23(26(32)33)17-19-9-11-20(12-10-19)22-7-3-4-8-24(22)35-2/h3-4,7-14,18,23H,5-6,15-17H2,1-2H3,(H,29,34)(H,32,33)/t23-/m0/s1. The third kappa shape index (κ3) is 4.99. The van der Waals surface area contributed by atoms with Gasteiger partial charge in [0.2, 0.25) is 11.5 Å². The number of carboxylic acids is 1. The van der Waals surface area contributed by atoms with Crippen molar-refractivity contribution < 1.29 is 19.4 Å². The van der Waals surface area contributed by atoms with Crippen LogP contribution in [0.25, 0.3) is 11.1 Å². The van der Waals surface area contributed by atoms with Gasteiger partial charge < -0.3 is 19.7 Å². The van der Waals surface area contributed by atoms with Gasteiger partial charge in [0.05, 0.1) is 12.5 Å². The van der Waals surface area contributed by atoms with Crippen LogP contribution in [0.3, 0.4) is 0 Å². The van der Waals surface area contributed by atoms with E-state index in [1.807, 2.05) is 48.5 Å². The Balaban J connectivity index is 1.54. The molecule has 7 nitrogen and oxygen atoms in total. The van der Waals surface area contributed by atoms with Crippen molar-refractivity contribution in [3.8, 4) is 16.9 Å². The van der Waals surface area contributed by atoms with Crippen LogP contribution in [-0.2, 0) is 28.5 Å². The highest BCUT2D eigenvalue weighted by molar-refractivity contribution is 5.92. The molecule has 0 unspecified atom stereocenters. The van der Waals surface area contributed by atoms with E-state index >= 15 is 0 Å². The molecule has 1 aliphatic carbocycles. The number of rotatable bonds is 8. The summed E-state index contributed by atoms with van der Waals surface area (Å²) in [4.78, 5) is 37.5. The summed E-state index contributed by atoms with van der Waals surface area (Å²) in [5.74, 6) is -0.622. The number of aliphatic carboxylic acids is 1. The number of amides is 1. The largest absolute Gasteiger partial charge is 0.496 e. The van der Waals surface area contributed by atoms with Crippen molar-refractivity contribution in [1.82, 2.24) is 9.88 Å². The molecule has 2 aromatic carbocycles. The number of aromatic nitrogens is 1. The lowest BCUT2D eigenvalue weighted by Crippen LogP contribution is -2.50. The predicted molar refractivity (Wildman–Crippen MR) is 134 cm³/mol. The van der Waals surface area contributed by atoms with Crippen molar-refractivity contribution in [3.63, 3.8) is 0 Å². The first-order valence-corrected chi connectivity index (χ1v) is 11.8. The molecule has 182 valence electrons. The zero-order chi connectivity index (χ0) is 25.0. The first kappa shape index (κ1) is 24.3. The van der Waals surface area contributed by atoms with Crippen LogP contribution < -0.4 is 15.6 Å². The van der Waals surface area contributed by atoms with Gasteiger partial charge in [0.1, 0.15) is 11.8 Å². The molecule has 1 aliphatic rings. The molecule has 1 amide bonds. The maximum atomic E-state index is 13.5. The van der Waals surface area contributed by atoms with Gasteiger partial charge in [0.25, 0.3) is 0 Å². The fourth-order valence-electron chi connectivity index (χ4n) is 4.94. The summed E-state index contributed by atoms with van der Waals surface area (Å²) in [6, 6.07) is 17.4. The summed E-state index contributed by atoms with van der Waals surface area (Å²) in [6.07, 6.45) is 4.85. The zero-order valence-electron chi connectivity index (χ0n) is 20.0. The van der Waals surface area contributed by atoms with Gasteiger partial charge in [-0.3, -0.25) is 9.59 Å². The fraction of sp³-hybridized carbons (Fsp3) is 0.321. The highest BCUT2D eigenvalue weighted by Gasteiger charge is 2.44. The van der Waals surface area contributed by atoms with Crippen LogP contribution in [0.5, 0.6) is 5.75 Å². The molecule has 0 saturated heterocycles. The van der Waals surface area contributed by atoms with E-state index in [0.717, 1.165) is 40.8 Å². The number of carboxylic acid groups (broad SMARTS) is 1. The second kappa shape index (κ2) is 10.2. The van der Waals surface area contributed by atoms with Crippen LogP contribution in [0.15, 0.2) is 71.7 Å². The van der Waals surface area contributed by atoms with Crippen LogP contribution in [0, 0.1) is 0 Å². The molecule has 0 aliphatic heterocycles. The average molecular weight is 475 g/mol. The van der Waals surface area contributed by atoms with Crippen molar-refractivity contribution in [1.29, 1.82) is 0 Å². The number of carbonyl (C=O) groups is 2. The van der Waals surface area contributed by atoms with Crippen LogP contribution in [0.4, 0.5) is 0 Å². The minimum Gasteiger partial charge on any atom is -0.496 e. The van der Waals surface area contributed by atoms with Gasteiger partial charge in [-0.25, -0.2) is 4.79 Å². The number of nitrogens with zero attached hydrogens (tertiary/aromatic N) is 1. The third-order valence-corrected chi connectivity index (χ3v) is 6.95. The van der Waals surface area contributed by atoms with Crippen molar-refractivity contribution in [3.05, 3.63) is 88.3 Å². The van der Waals surface area contributed by atoms with E-state index in [4.69, 9.17) is 4.74 Å². The first-order valence-electron chi connectivity index (χ1n) is 11.8. The van der Waals surface area contributed by atoms with Crippen molar-refractivity contribution in [2.24, 2.45) is 7.05 Å². The molecule has 35 heavy (non-hydrogen) atoms. The number of aryl methyl sites for hydroxylation is 1. The number of hydrogen-bond acceptors (Lipinski definition) is 4. The number of carbonyl (C=O) groups excluding carboxylic acids is 1. The van der Waals surface area contributed by atoms with E-state index in [-0.39, 0.29) is 17.9 Å². The zero-order valence-corrected chi connectivity index (χ0v) is 20.0. The Labute approximate surface area is 204 Å². The van der Waals surface area contributed by atoms with E-state index in [1.54, 1.807) is 26.4 Å². The number of nitrogens with one attached hydrogen (secondary N) is 1. The number of benzene rings is 2. The molecular formula is C28H30N2O5. The molecule has 3 aromatic rings. The second-order valence-corrected chi connectivity index (χ2v) is 9.12. The molecular weight excluding hydrogens is 444 g/mol. The number of ether oxygens (including phenoxy) is 1. The molecule has 4 rings (SSSR count). The van der Waals surface area contributed by atoms with Crippen molar-refractivity contribution >= 4 is 11.9 Å². The van der Waals surface area contributed by atoms with Crippen LogP contribution in [0.2, 0.25) is 0 Å². The molecule has 1 heterocycles. The Morgan fingerprint density at radius 2 is 1.74 bits per heavy atom. The fourth-order valence-corrected chi connectivity index (χ4v) is 4.94. The van der Waals surface area contributed by atoms with E-state index in [0.29, 0.717) is 12.8 Å². The highest BCUT2D eigenvalue weighted by Crippen LogP contribution is 2.41. The first-order chi connectivity index (χ1) is 16.8. The number of para-hydroxylation sites is 1. The normalized spacial score (nSPS) is 15.4. The van der Waals surface area contributed by atoms with Crippen LogP contribution in [0.1, 0.15) is 36.8 Å². The number of hydrogen-bond donors (Lipinski definition) is 2. The van der Waals surface area contributed by atoms with Crippen LogP contribution in [-0.4, -0.2) is 34.7 Å². The number of methoxy groups -OCH3 is 1.